The number of carbonyl (C=O) groups is 1. The highest BCUT2D eigenvalue weighted by Gasteiger charge is 2.38. The summed E-state index contributed by atoms with van der Waals surface area (Å²) in [5.74, 6) is 0.194. The van der Waals surface area contributed by atoms with Gasteiger partial charge in [-0.15, -0.1) is 0 Å². The number of aliphatic imine (C=N–C) groups is 1. The molecule has 7 nitrogen and oxygen atoms in total. The lowest BCUT2D eigenvalue weighted by Gasteiger charge is -2.36. The molecule has 0 bridgehead atoms. The molecule has 0 aliphatic carbocycles. The van der Waals surface area contributed by atoms with Crippen LogP contribution in [-0.4, -0.2) is 61.4 Å². The molecule has 23 heavy (non-hydrogen) atoms. The molecule has 0 saturated heterocycles. The van der Waals surface area contributed by atoms with Crippen molar-refractivity contribution >= 4 is 21.7 Å². The molecule has 1 aromatic carbocycles. The van der Waals surface area contributed by atoms with Crippen LogP contribution in [0.3, 0.4) is 0 Å². The van der Waals surface area contributed by atoms with Crippen LogP contribution in [0.4, 0.5) is 4.79 Å². The fraction of sp³-hybridized carbons (Fsp3) is 0.333. The molecule has 122 valence electrons. The summed E-state index contributed by atoms with van der Waals surface area (Å²) in [6.07, 6.45) is 1.96. The van der Waals surface area contributed by atoms with Crippen LogP contribution in [0.1, 0.15) is 6.42 Å². The van der Waals surface area contributed by atoms with Crippen LogP contribution in [0, 0.1) is 0 Å². The first-order valence-corrected chi connectivity index (χ1v) is 8.80. The molecule has 2 heterocycles. The molecule has 2 aliphatic heterocycles. The Morgan fingerprint density at radius 2 is 1.96 bits per heavy atom. The fourth-order valence-corrected chi connectivity index (χ4v) is 4.05. The number of sulfone groups is 1. The van der Waals surface area contributed by atoms with Crippen LogP contribution in [0.15, 0.2) is 51.3 Å². The van der Waals surface area contributed by atoms with Crippen LogP contribution in [-0.2, 0) is 9.84 Å². The van der Waals surface area contributed by atoms with Crippen molar-refractivity contribution in [2.45, 2.75) is 11.3 Å². The lowest BCUT2D eigenvalue weighted by Crippen LogP contribution is -2.52. The summed E-state index contributed by atoms with van der Waals surface area (Å²) >= 11 is 0. The SMILES string of the molecule is O=C1N(CCO)C=C(S(=O)(=O)c2ccccc2)C2=NCCCN12. The van der Waals surface area contributed by atoms with E-state index in [1.54, 1.807) is 18.2 Å². The molecule has 8 heteroatoms. The smallest absolute Gasteiger partial charge is 0.329 e. The number of hydrogen-bond donors (Lipinski definition) is 1. The molecule has 1 aromatic rings. The summed E-state index contributed by atoms with van der Waals surface area (Å²) in [5.41, 5.74) is 0. The van der Waals surface area contributed by atoms with Gasteiger partial charge in [-0.1, -0.05) is 18.2 Å². The molecule has 0 atom stereocenters. The third kappa shape index (κ3) is 2.75. The molecule has 0 saturated carbocycles. The minimum Gasteiger partial charge on any atom is -0.395 e. The first-order valence-electron chi connectivity index (χ1n) is 7.31. The zero-order valence-corrected chi connectivity index (χ0v) is 13.2. The standard InChI is InChI=1S/C15H17N3O4S/c19-10-9-17-11-13(14-16-7-4-8-18(14)15(17)20)23(21,22)12-5-2-1-3-6-12/h1-3,5-6,11,19H,4,7-10H2. The maximum Gasteiger partial charge on any atom is 0.329 e. The number of β-amino-alcohol motifs (C(OH)–C–C–N with tert-alkyl or cyclic N) is 1. The van der Waals surface area contributed by atoms with E-state index >= 15 is 0 Å². The molecular weight excluding hydrogens is 318 g/mol. The number of hydrogen-bond acceptors (Lipinski definition) is 5. The Bertz CT molecular complexity index is 771. The number of carbonyl (C=O) groups excluding carboxylic acids is 1. The lowest BCUT2D eigenvalue weighted by molar-refractivity contribution is 0.174. The Balaban J connectivity index is 2.12. The van der Waals surface area contributed by atoms with Gasteiger partial charge in [0.1, 0.15) is 4.91 Å². The second kappa shape index (κ2) is 6.13. The number of amidine groups is 1. The van der Waals surface area contributed by atoms with E-state index in [9.17, 15) is 13.2 Å². The molecule has 0 unspecified atom stereocenters. The second-order valence-electron chi connectivity index (χ2n) is 5.22. The summed E-state index contributed by atoms with van der Waals surface area (Å²) in [5, 5.41) is 9.12. The van der Waals surface area contributed by atoms with E-state index in [1.165, 1.54) is 28.1 Å². The van der Waals surface area contributed by atoms with E-state index in [0.717, 1.165) is 0 Å². The topological polar surface area (TPSA) is 90.3 Å². The van der Waals surface area contributed by atoms with Crippen molar-refractivity contribution in [3.05, 3.63) is 41.4 Å². The number of aliphatic hydroxyl groups is 1. The zero-order chi connectivity index (χ0) is 16.4. The van der Waals surface area contributed by atoms with E-state index in [4.69, 9.17) is 5.11 Å². The van der Waals surface area contributed by atoms with Gasteiger partial charge >= 0.3 is 6.03 Å². The molecule has 1 N–H and O–H groups in total. The predicted molar refractivity (Wildman–Crippen MR) is 84.5 cm³/mol. The molecule has 2 aliphatic rings. The summed E-state index contributed by atoms with van der Waals surface area (Å²) < 4.78 is 25.8. The molecule has 0 aromatic heterocycles. The van der Waals surface area contributed by atoms with E-state index in [2.05, 4.69) is 4.99 Å². The molecule has 3 rings (SSSR count). The highest BCUT2D eigenvalue weighted by atomic mass is 32.2. The predicted octanol–water partition coefficient (Wildman–Crippen LogP) is 0.834. The van der Waals surface area contributed by atoms with Gasteiger partial charge < -0.3 is 5.11 Å². The summed E-state index contributed by atoms with van der Waals surface area (Å²) in [7, 11) is -3.79. The molecule has 0 fully saturated rings. The van der Waals surface area contributed by atoms with Crippen molar-refractivity contribution < 1.29 is 18.3 Å². The van der Waals surface area contributed by atoms with Gasteiger partial charge in [0.2, 0.25) is 9.84 Å². The first-order chi connectivity index (χ1) is 11.1. The van der Waals surface area contributed by atoms with Gasteiger partial charge in [-0.25, -0.2) is 13.2 Å². The number of fused-ring (bicyclic) bond motifs is 1. The van der Waals surface area contributed by atoms with E-state index in [1.807, 2.05) is 0 Å². The maximum atomic E-state index is 12.9. The van der Waals surface area contributed by atoms with Crippen molar-refractivity contribution in [1.82, 2.24) is 9.80 Å². The van der Waals surface area contributed by atoms with Crippen LogP contribution < -0.4 is 0 Å². The highest BCUT2D eigenvalue weighted by molar-refractivity contribution is 7.96. The van der Waals surface area contributed by atoms with Crippen molar-refractivity contribution in [3.63, 3.8) is 0 Å². The Kier molecular flexibility index (Phi) is 4.18. The quantitative estimate of drug-likeness (QED) is 0.882. The first kappa shape index (κ1) is 15.7. The number of benzene rings is 1. The Morgan fingerprint density at radius 3 is 2.65 bits per heavy atom. The molecule has 2 amide bonds. The number of urea groups is 1. The summed E-state index contributed by atoms with van der Waals surface area (Å²) in [4.78, 5) is 19.4. The monoisotopic (exact) mass is 335 g/mol. The largest absolute Gasteiger partial charge is 0.395 e. The Hall–Kier alpha value is -2.19. The normalized spacial score (nSPS) is 18.4. The third-order valence-electron chi connectivity index (χ3n) is 3.71. The summed E-state index contributed by atoms with van der Waals surface area (Å²) in [6.45, 7) is 0.694. The second-order valence-corrected chi connectivity index (χ2v) is 7.14. The van der Waals surface area contributed by atoms with Gasteiger partial charge in [0, 0.05) is 19.3 Å². The zero-order valence-electron chi connectivity index (χ0n) is 12.4. The minimum absolute atomic E-state index is 0.00329. The molecular formula is C15H17N3O4S. The van der Waals surface area contributed by atoms with Crippen LogP contribution in [0.5, 0.6) is 0 Å². The third-order valence-corrected chi connectivity index (χ3v) is 5.47. The van der Waals surface area contributed by atoms with Crippen molar-refractivity contribution in [2.24, 2.45) is 4.99 Å². The average Bonchev–Trinajstić information content (AvgIpc) is 2.58. The van der Waals surface area contributed by atoms with Gasteiger partial charge in [0.25, 0.3) is 0 Å². The minimum atomic E-state index is -3.79. The van der Waals surface area contributed by atoms with Crippen LogP contribution in [0.25, 0.3) is 0 Å². The van der Waals surface area contributed by atoms with Crippen LogP contribution in [0.2, 0.25) is 0 Å². The highest BCUT2D eigenvalue weighted by Crippen LogP contribution is 2.27. The van der Waals surface area contributed by atoms with E-state index in [0.29, 0.717) is 19.5 Å². The number of nitrogens with zero attached hydrogens (tertiary/aromatic N) is 3. The average molecular weight is 335 g/mol. The Labute approximate surface area is 134 Å². The van der Waals surface area contributed by atoms with Crippen molar-refractivity contribution in [3.8, 4) is 0 Å². The van der Waals surface area contributed by atoms with Crippen LogP contribution >= 0.6 is 0 Å². The van der Waals surface area contributed by atoms with Gasteiger partial charge in [-0.05, 0) is 18.6 Å². The summed E-state index contributed by atoms with van der Waals surface area (Å²) in [6, 6.07) is 7.69. The molecule has 0 radical (unpaired) electrons. The van der Waals surface area contributed by atoms with Gasteiger partial charge in [-0.3, -0.25) is 14.8 Å². The number of aliphatic hydroxyl groups excluding tert-OH is 1. The maximum absolute atomic E-state index is 12.9. The van der Waals surface area contributed by atoms with Crippen molar-refractivity contribution in [2.75, 3.05) is 26.2 Å². The van der Waals surface area contributed by atoms with Crippen molar-refractivity contribution in [1.29, 1.82) is 0 Å². The molecule has 0 spiro atoms. The number of rotatable bonds is 4. The van der Waals surface area contributed by atoms with E-state index < -0.39 is 9.84 Å². The van der Waals surface area contributed by atoms with Gasteiger partial charge in [-0.2, -0.15) is 0 Å². The fourth-order valence-electron chi connectivity index (χ4n) is 2.60. The lowest BCUT2D eigenvalue weighted by atomic mass is 10.2. The van der Waals surface area contributed by atoms with Gasteiger partial charge in [0.05, 0.1) is 18.0 Å². The Morgan fingerprint density at radius 1 is 1.22 bits per heavy atom. The van der Waals surface area contributed by atoms with Gasteiger partial charge in [0.15, 0.2) is 5.84 Å². The number of amides is 2. The van der Waals surface area contributed by atoms with E-state index in [-0.39, 0.29) is 34.8 Å².